The van der Waals surface area contributed by atoms with E-state index in [0.717, 1.165) is 12.8 Å². The summed E-state index contributed by atoms with van der Waals surface area (Å²) in [5.41, 5.74) is 12.9. The summed E-state index contributed by atoms with van der Waals surface area (Å²) in [4.78, 5) is 0. The summed E-state index contributed by atoms with van der Waals surface area (Å²) < 4.78 is 48.5. The van der Waals surface area contributed by atoms with Crippen molar-refractivity contribution in [2.45, 2.75) is 119 Å². The van der Waals surface area contributed by atoms with Crippen LogP contribution in [-0.4, -0.2) is 13.1 Å². The van der Waals surface area contributed by atoms with Gasteiger partial charge in [0.25, 0.3) is 0 Å². The molecule has 4 aliphatic carbocycles. The average molecular weight is 1010 g/mol. The van der Waals surface area contributed by atoms with Crippen molar-refractivity contribution >= 4 is 65.4 Å². The Balaban J connectivity index is 0.00000288. The van der Waals surface area contributed by atoms with Crippen molar-refractivity contribution in [3.63, 3.8) is 0 Å². The molecule has 6 aromatic rings. The van der Waals surface area contributed by atoms with Gasteiger partial charge in [0.05, 0.1) is 0 Å². The van der Waals surface area contributed by atoms with Crippen molar-refractivity contribution in [3.8, 4) is 22.3 Å². The second kappa shape index (κ2) is 19.8. The second-order valence-corrected chi connectivity index (χ2v) is 49.1. The van der Waals surface area contributed by atoms with E-state index in [0.29, 0.717) is 11.8 Å². The molecule has 0 N–H and O–H groups in total. The maximum atomic E-state index is 15.2. The molecule has 0 saturated heterocycles. The van der Waals surface area contributed by atoms with Crippen LogP contribution in [0.5, 0.6) is 0 Å². The Morgan fingerprint density at radius 3 is 1.28 bits per heavy atom. The third-order valence-electron chi connectivity index (χ3n) is 16.3. The van der Waals surface area contributed by atoms with Gasteiger partial charge in [-0.25, -0.2) is 0 Å². The van der Waals surface area contributed by atoms with Crippen LogP contribution in [0.25, 0.3) is 56.0 Å². The molecule has 2 saturated carbocycles. The number of halogens is 5. The van der Waals surface area contributed by atoms with Crippen LogP contribution in [0, 0.1) is 11.8 Å². The SMILES string of the molecule is Cl.Cl.[CH3][Zr](=[SiH2])([CH2]CC(F)(F)F)([CH]1C(CC2CCCCCC2)=Cc2c(-c3cccc4ccccc34)cccc21)[CH]1C(CC2CCCCCC2)=Cc2c(-c3cccc4ccccc34)cccc21. The predicted octanol–water partition coefficient (Wildman–Crippen LogP) is 18.1. The topological polar surface area (TPSA) is 0 Å². The Morgan fingerprint density at radius 1 is 0.492 bits per heavy atom. The fourth-order valence-electron chi connectivity index (χ4n) is 13.5. The Kier molecular flexibility index (Phi) is 14.7. The quantitative estimate of drug-likeness (QED) is 0.0948. The van der Waals surface area contributed by atoms with E-state index >= 15 is 13.2 Å². The van der Waals surface area contributed by atoms with Gasteiger partial charge in [-0.05, 0) is 0 Å². The molecular formula is C58H65Cl2F3SiZr. The van der Waals surface area contributed by atoms with Gasteiger partial charge < -0.3 is 0 Å². The van der Waals surface area contributed by atoms with Crippen molar-refractivity contribution in [1.82, 2.24) is 0 Å². The van der Waals surface area contributed by atoms with E-state index in [9.17, 15) is 0 Å². The molecule has 7 heteroatoms. The summed E-state index contributed by atoms with van der Waals surface area (Å²) in [6, 6.07) is 44.3. The molecule has 0 heterocycles. The van der Waals surface area contributed by atoms with E-state index in [4.69, 9.17) is 0 Å². The number of hydrogen-bond acceptors (Lipinski definition) is 0. The first-order valence-electron chi connectivity index (χ1n) is 24.3. The third-order valence-corrected chi connectivity index (χ3v) is 39.2. The zero-order valence-electron chi connectivity index (χ0n) is 38.0. The van der Waals surface area contributed by atoms with Crippen molar-refractivity contribution < 1.29 is 30.6 Å². The normalized spacial score (nSPS) is 19.6. The van der Waals surface area contributed by atoms with Crippen molar-refractivity contribution in [3.05, 3.63) is 155 Å². The van der Waals surface area contributed by atoms with Crippen molar-refractivity contribution in [2.24, 2.45) is 11.8 Å². The molecule has 0 aromatic heterocycles. The summed E-state index contributed by atoms with van der Waals surface area (Å²) in [7, 11) is 0. The third kappa shape index (κ3) is 9.49. The van der Waals surface area contributed by atoms with Gasteiger partial charge in [-0.2, -0.15) is 0 Å². The van der Waals surface area contributed by atoms with E-state index in [-0.39, 0.29) is 36.2 Å². The van der Waals surface area contributed by atoms with Gasteiger partial charge in [-0.3, -0.25) is 0 Å². The van der Waals surface area contributed by atoms with Crippen LogP contribution >= 0.6 is 24.8 Å². The molecule has 2 fully saturated rings. The van der Waals surface area contributed by atoms with Gasteiger partial charge in [-0.15, -0.1) is 24.8 Å². The maximum absolute atomic E-state index is 15.2. The van der Waals surface area contributed by atoms with Crippen molar-refractivity contribution in [2.75, 3.05) is 0 Å². The fraction of sp³-hybridized carbons (Fsp3) is 0.379. The number of rotatable bonds is 10. The number of benzene rings is 6. The molecule has 2 atom stereocenters. The number of allylic oxidation sites excluding steroid dienone is 2. The molecule has 10 rings (SSSR count). The van der Waals surface area contributed by atoms with E-state index in [1.165, 1.54) is 154 Å². The van der Waals surface area contributed by atoms with Crippen LogP contribution in [0.3, 0.4) is 0 Å². The zero-order chi connectivity index (χ0) is 43.2. The van der Waals surface area contributed by atoms with E-state index in [2.05, 4.69) is 145 Å². The van der Waals surface area contributed by atoms with Gasteiger partial charge in [-0.1, -0.05) is 0 Å². The molecule has 6 aromatic carbocycles. The number of hydrogen-bond donors (Lipinski definition) is 0. The van der Waals surface area contributed by atoms with Crippen LogP contribution < -0.4 is 0 Å². The first kappa shape index (κ1) is 48.3. The first-order chi connectivity index (χ1) is 30.5. The molecule has 0 bridgehead atoms. The summed E-state index contributed by atoms with van der Waals surface area (Å²) in [6.45, 7) is 2.17. The molecule has 0 aliphatic heterocycles. The Hall–Kier alpha value is -3.21. The van der Waals surface area contributed by atoms with E-state index < -0.39 is 30.0 Å². The van der Waals surface area contributed by atoms with Gasteiger partial charge in [0.15, 0.2) is 0 Å². The standard InChI is InChI=1S/2C27H27.C3H4F3.CH3.2ClH.H2Si.Zr/c2*1-2-4-10-20(9-3-1)17-21-18-23-13-8-16-26(27(23)19-21)25-15-7-12-22-11-5-6-14-24(22)25;1-2-3(4,5)6;;;;;/h2*5-8,11-16,18-20H,1-4,9-10,17H2;1-2H2;1H3;2*1H;1H2;. The van der Waals surface area contributed by atoms with Gasteiger partial charge in [0, 0.05) is 0 Å². The second-order valence-electron chi connectivity index (χ2n) is 20.7. The van der Waals surface area contributed by atoms with Crippen LogP contribution in [-0.2, 0) is 17.4 Å². The summed E-state index contributed by atoms with van der Waals surface area (Å²) in [5.74, 6) is 1.13. The minimum atomic E-state index is -4.93. The zero-order valence-corrected chi connectivity index (χ0v) is 43.5. The number of alkyl halides is 3. The van der Waals surface area contributed by atoms with Gasteiger partial charge >= 0.3 is 378 Å². The number of fused-ring (bicyclic) bond motifs is 4. The Bertz CT molecular complexity index is 2620. The van der Waals surface area contributed by atoms with Crippen molar-refractivity contribution in [1.29, 1.82) is 0 Å². The molecule has 340 valence electrons. The van der Waals surface area contributed by atoms with Crippen LogP contribution in [0.2, 0.25) is 8.76 Å². The molecule has 0 nitrogen and oxygen atoms in total. The predicted molar refractivity (Wildman–Crippen MR) is 276 cm³/mol. The summed E-state index contributed by atoms with van der Waals surface area (Å²) in [5, 5.41) is 4.88. The van der Waals surface area contributed by atoms with Crippen LogP contribution in [0.4, 0.5) is 13.2 Å². The fourth-order valence-corrected chi connectivity index (χ4v) is 37.2. The molecule has 0 spiro atoms. The summed E-state index contributed by atoms with van der Waals surface area (Å²) >= 11 is -4.93. The van der Waals surface area contributed by atoms with Gasteiger partial charge in [0.1, 0.15) is 0 Å². The first-order valence-corrected chi connectivity index (χ1v) is 37.3. The molecule has 4 aliphatic rings. The molecule has 2 unspecified atom stereocenters. The Labute approximate surface area is 400 Å². The Morgan fingerprint density at radius 2 is 0.862 bits per heavy atom. The average Bonchev–Trinajstić information content (AvgIpc) is 3.60. The molecule has 0 amide bonds. The molecular weight excluding hydrogens is 944 g/mol. The summed E-state index contributed by atoms with van der Waals surface area (Å²) in [6.07, 6.45) is 17.1. The van der Waals surface area contributed by atoms with E-state index in [1.54, 1.807) is 0 Å². The van der Waals surface area contributed by atoms with Gasteiger partial charge in [0.2, 0.25) is 0 Å². The monoisotopic (exact) mass is 1010 g/mol. The minimum absolute atomic E-state index is 0. The van der Waals surface area contributed by atoms with Crippen LogP contribution in [0.1, 0.15) is 126 Å². The molecule has 65 heavy (non-hydrogen) atoms. The molecule has 0 radical (unpaired) electrons. The van der Waals surface area contributed by atoms with E-state index in [1.807, 2.05) is 0 Å². The van der Waals surface area contributed by atoms with Crippen LogP contribution in [0.15, 0.2) is 132 Å².